The van der Waals surface area contributed by atoms with Crippen LogP contribution in [0.5, 0.6) is 0 Å². The van der Waals surface area contributed by atoms with E-state index in [1.54, 1.807) is 0 Å². The van der Waals surface area contributed by atoms with Gasteiger partial charge in [-0.15, -0.1) is 5.10 Å². The van der Waals surface area contributed by atoms with Crippen LogP contribution >= 0.6 is 12.2 Å². The first kappa shape index (κ1) is 13.5. The first-order chi connectivity index (χ1) is 8.63. The predicted octanol–water partition coefficient (Wildman–Crippen LogP) is 2.53. The van der Waals surface area contributed by atoms with Gasteiger partial charge < -0.3 is 9.64 Å². The molecule has 0 spiro atoms. The lowest BCUT2D eigenvalue weighted by Crippen LogP contribution is -2.34. The molecule has 1 aliphatic rings. The van der Waals surface area contributed by atoms with Crippen molar-refractivity contribution in [1.29, 1.82) is 0 Å². The quantitative estimate of drug-likeness (QED) is 0.835. The molecule has 1 saturated heterocycles. The second-order valence-corrected chi connectivity index (χ2v) is 5.35. The standard InChI is InChI=1S/C12H22N4OS/c1-4-15(8-10-6-5-7-17-10)11-13-14-12(18)16(11)9(2)3/h9-10H,4-8H2,1-3H3,(H,14,18). The second kappa shape index (κ2) is 5.84. The van der Waals surface area contributed by atoms with Crippen molar-refractivity contribution in [2.75, 3.05) is 24.6 Å². The summed E-state index contributed by atoms with van der Waals surface area (Å²) >= 11 is 5.29. The Labute approximate surface area is 113 Å². The number of hydrogen-bond acceptors (Lipinski definition) is 4. The summed E-state index contributed by atoms with van der Waals surface area (Å²) in [6.45, 7) is 9.06. The molecular formula is C12H22N4OS. The summed E-state index contributed by atoms with van der Waals surface area (Å²) in [4.78, 5) is 2.24. The van der Waals surface area contributed by atoms with Crippen LogP contribution in [-0.2, 0) is 4.74 Å². The third-order valence-electron chi connectivity index (χ3n) is 3.31. The highest BCUT2D eigenvalue weighted by molar-refractivity contribution is 7.71. The largest absolute Gasteiger partial charge is 0.376 e. The predicted molar refractivity (Wildman–Crippen MR) is 74.7 cm³/mol. The Kier molecular flexibility index (Phi) is 4.40. The lowest BCUT2D eigenvalue weighted by Gasteiger charge is -2.26. The fourth-order valence-corrected chi connectivity index (χ4v) is 2.71. The van der Waals surface area contributed by atoms with Crippen molar-refractivity contribution in [3.05, 3.63) is 4.77 Å². The van der Waals surface area contributed by atoms with Gasteiger partial charge in [0.05, 0.1) is 6.10 Å². The van der Waals surface area contributed by atoms with Crippen LogP contribution in [0, 0.1) is 4.77 Å². The lowest BCUT2D eigenvalue weighted by molar-refractivity contribution is 0.115. The Bertz CT molecular complexity index is 434. The van der Waals surface area contributed by atoms with Crippen molar-refractivity contribution in [2.45, 2.75) is 45.8 Å². The number of aromatic amines is 1. The number of anilines is 1. The SMILES string of the molecule is CCN(CC1CCCO1)c1n[nH]c(=S)n1C(C)C. The van der Waals surface area contributed by atoms with Gasteiger partial charge in [-0.05, 0) is 45.8 Å². The third-order valence-corrected chi connectivity index (χ3v) is 3.60. The Hall–Kier alpha value is -0.880. The van der Waals surface area contributed by atoms with Crippen LogP contribution in [0.3, 0.4) is 0 Å². The molecule has 0 amide bonds. The molecule has 1 unspecified atom stereocenters. The number of ether oxygens (including phenoxy) is 1. The number of nitrogens with zero attached hydrogens (tertiary/aromatic N) is 3. The molecule has 0 bridgehead atoms. The molecule has 0 radical (unpaired) electrons. The maximum atomic E-state index is 5.70. The summed E-state index contributed by atoms with van der Waals surface area (Å²) < 4.78 is 8.45. The van der Waals surface area contributed by atoms with Gasteiger partial charge in [0.1, 0.15) is 0 Å². The minimum atomic E-state index is 0.310. The summed E-state index contributed by atoms with van der Waals surface area (Å²) in [7, 11) is 0. The highest BCUT2D eigenvalue weighted by atomic mass is 32.1. The minimum Gasteiger partial charge on any atom is -0.376 e. The van der Waals surface area contributed by atoms with Crippen molar-refractivity contribution in [3.63, 3.8) is 0 Å². The molecule has 0 aliphatic carbocycles. The molecule has 6 heteroatoms. The smallest absolute Gasteiger partial charge is 0.226 e. The van der Waals surface area contributed by atoms with E-state index in [2.05, 4.69) is 40.4 Å². The molecule has 102 valence electrons. The van der Waals surface area contributed by atoms with Gasteiger partial charge in [0, 0.05) is 25.7 Å². The lowest BCUT2D eigenvalue weighted by atomic mass is 10.2. The van der Waals surface area contributed by atoms with Gasteiger partial charge in [0.15, 0.2) is 4.77 Å². The first-order valence-electron chi connectivity index (χ1n) is 6.67. The maximum absolute atomic E-state index is 5.70. The second-order valence-electron chi connectivity index (χ2n) is 4.97. The molecule has 1 fully saturated rings. The molecule has 18 heavy (non-hydrogen) atoms. The van der Waals surface area contributed by atoms with E-state index in [0.717, 1.165) is 32.1 Å². The van der Waals surface area contributed by atoms with Gasteiger partial charge in [-0.25, -0.2) is 5.10 Å². The van der Waals surface area contributed by atoms with Crippen molar-refractivity contribution in [3.8, 4) is 0 Å². The molecule has 5 nitrogen and oxygen atoms in total. The van der Waals surface area contributed by atoms with Crippen LogP contribution in [0.1, 0.15) is 39.7 Å². The molecule has 1 aromatic rings. The molecule has 1 aromatic heterocycles. The van der Waals surface area contributed by atoms with Gasteiger partial charge in [-0.2, -0.15) is 0 Å². The van der Waals surface area contributed by atoms with E-state index in [0.29, 0.717) is 16.9 Å². The topological polar surface area (TPSA) is 46.1 Å². The number of aromatic nitrogens is 3. The van der Waals surface area contributed by atoms with Gasteiger partial charge in [-0.3, -0.25) is 4.57 Å². The molecule has 0 aromatic carbocycles. The average Bonchev–Trinajstić information content (AvgIpc) is 2.94. The zero-order valence-electron chi connectivity index (χ0n) is 11.3. The van der Waals surface area contributed by atoms with Crippen LogP contribution in [0.25, 0.3) is 0 Å². The van der Waals surface area contributed by atoms with E-state index in [-0.39, 0.29) is 0 Å². The fourth-order valence-electron chi connectivity index (χ4n) is 2.37. The molecule has 0 saturated carbocycles. The van der Waals surface area contributed by atoms with Crippen LogP contribution in [0.4, 0.5) is 5.95 Å². The highest BCUT2D eigenvalue weighted by Crippen LogP contribution is 2.20. The van der Waals surface area contributed by atoms with Crippen molar-refractivity contribution in [1.82, 2.24) is 14.8 Å². The average molecular weight is 270 g/mol. The molecule has 1 N–H and O–H groups in total. The van der Waals surface area contributed by atoms with E-state index < -0.39 is 0 Å². The summed E-state index contributed by atoms with van der Waals surface area (Å²) in [5.41, 5.74) is 0. The van der Waals surface area contributed by atoms with Gasteiger partial charge >= 0.3 is 0 Å². The molecular weight excluding hydrogens is 248 g/mol. The number of hydrogen-bond donors (Lipinski definition) is 1. The normalized spacial score (nSPS) is 19.7. The first-order valence-corrected chi connectivity index (χ1v) is 7.07. The summed E-state index contributed by atoms with van der Waals surface area (Å²) in [6.07, 6.45) is 2.64. The maximum Gasteiger partial charge on any atom is 0.226 e. The summed E-state index contributed by atoms with van der Waals surface area (Å²) in [5.74, 6) is 0.924. The Balaban J connectivity index is 2.18. The highest BCUT2D eigenvalue weighted by Gasteiger charge is 2.22. The Morgan fingerprint density at radius 3 is 2.94 bits per heavy atom. The number of likely N-dealkylation sites (N-methyl/N-ethyl adjacent to an activating group) is 1. The van der Waals surface area contributed by atoms with Crippen LogP contribution in [-0.4, -0.2) is 40.6 Å². The van der Waals surface area contributed by atoms with Gasteiger partial charge in [0.25, 0.3) is 0 Å². The van der Waals surface area contributed by atoms with Crippen LogP contribution in [0.2, 0.25) is 0 Å². The minimum absolute atomic E-state index is 0.310. The zero-order chi connectivity index (χ0) is 13.1. The Morgan fingerprint density at radius 1 is 1.61 bits per heavy atom. The fraction of sp³-hybridized carbons (Fsp3) is 0.833. The van der Waals surface area contributed by atoms with Gasteiger partial charge in [-0.1, -0.05) is 0 Å². The van der Waals surface area contributed by atoms with E-state index in [9.17, 15) is 0 Å². The monoisotopic (exact) mass is 270 g/mol. The van der Waals surface area contributed by atoms with Crippen molar-refractivity contribution < 1.29 is 4.74 Å². The van der Waals surface area contributed by atoms with E-state index in [1.807, 2.05) is 0 Å². The molecule has 2 heterocycles. The van der Waals surface area contributed by atoms with E-state index in [4.69, 9.17) is 17.0 Å². The zero-order valence-corrected chi connectivity index (χ0v) is 12.2. The third kappa shape index (κ3) is 2.75. The molecule has 1 aliphatic heterocycles. The molecule has 2 rings (SSSR count). The summed E-state index contributed by atoms with van der Waals surface area (Å²) in [6, 6.07) is 0.310. The summed E-state index contributed by atoms with van der Waals surface area (Å²) in [5, 5.41) is 7.26. The Morgan fingerprint density at radius 2 is 2.39 bits per heavy atom. The van der Waals surface area contributed by atoms with Crippen molar-refractivity contribution >= 4 is 18.2 Å². The van der Waals surface area contributed by atoms with Gasteiger partial charge in [0.2, 0.25) is 5.95 Å². The van der Waals surface area contributed by atoms with E-state index >= 15 is 0 Å². The van der Waals surface area contributed by atoms with Crippen LogP contribution in [0.15, 0.2) is 0 Å². The van der Waals surface area contributed by atoms with E-state index in [1.165, 1.54) is 6.42 Å². The number of nitrogens with one attached hydrogen (secondary N) is 1. The number of H-pyrrole nitrogens is 1. The van der Waals surface area contributed by atoms with Crippen molar-refractivity contribution in [2.24, 2.45) is 0 Å². The van der Waals surface area contributed by atoms with Crippen LogP contribution < -0.4 is 4.90 Å². The number of rotatable bonds is 5. The molecule has 1 atom stereocenters.